The van der Waals surface area contributed by atoms with Crippen molar-refractivity contribution in [2.75, 3.05) is 32.6 Å². The summed E-state index contributed by atoms with van der Waals surface area (Å²) >= 11 is 0. The summed E-state index contributed by atoms with van der Waals surface area (Å²) in [7, 11) is 3.00. The topological polar surface area (TPSA) is 101 Å². The maximum Gasteiger partial charge on any atom is 0.321 e. The highest BCUT2D eigenvalue weighted by Crippen LogP contribution is 2.14. The van der Waals surface area contributed by atoms with E-state index < -0.39 is 18.0 Å². The Kier molecular flexibility index (Phi) is 7.70. The van der Waals surface area contributed by atoms with Crippen LogP contribution in [0.3, 0.4) is 0 Å². The van der Waals surface area contributed by atoms with Crippen molar-refractivity contribution in [1.29, 1.82) is 0 Å². The average Bonchev–Trinajstić information content (AvgIpc) is 2.59. The van der Waals surface area contributed by atoms with Crippen molar-refractivity contribution in [2.24, 2.45) is 0 Å². The van der Waals surface area contributed by atoms with Crippen molar-refractivity contribution in [3.8, 4) is 5.75 Å². The van der Waals surface area contributed by atoms with Gasteiger partial charge < -0.3 is 20.3 Å². The van der Waals surface area contributed by atoms with Gasteiger partial charge in [0.25, 0.3) is 11.8 Å². The van der Waals surface area contributed by atoms with Crippen LogP contribution < -0.4 is 25.6 Å². The normalized spacial score (nSPS) is 12.7. The van der Waals surface area contributed by atoms with Crippen molar-refractivity contribution in [1.82, 2.24) is 10.6 Å². The zero-order valence-corrected chi connectivity index (χ0v) is 14.4. The van der Waals surface area contributed by atoms with Crippen LogP contribution in [0.15, 0.2) is 24.3 Å². The van der Waals surface area contributed by atoms with Gasteiger partial charge in [0, 0.05) is 12.7 Å². The zero-order valence-electron chi connectivity index (χ0n) is 14.4. The van der Waals surface area contributed by atoms with Gasteiger partial charge in [0.05, 0.1) is 13.7 Å². The number of carbonyl (C=O) groups excluding carboxylic acids is 3. The van der Waals surface area contributed by atoms with Crippen molar-refractivity contribution >= 4 is 23.5 Å². The summed E-state index contributed by atoms with van der Waals surface area (Å²) in [5, 5.41) is 7.32. The smallest absolute Gasteiger partial charge is 0.321 e. The van der Waals surface area contributed by atoms with Crippen LogP contribution >= 0.6 is 0 Å². The van der Waals surface area contributed by atoms with Gasteiger partial charge in [-0.1, -0.05) is 0 Å². The number of benzene rings is 1. The van der Waals surface area contributed by atoms with Gasteiger partial charge in [0.1, 0.15) is 5.75 Å². The molecule has 4 N–H and O–H groups in total. The van der Waals surface area contributed by atoms with E-state index in [1.807, 2.05) is 6.92 Å². The number of amides is 4. The maximum absolute atomic E-state index is 12.2. The average molecular weight is 337 g/mol. The van der Waals surface area contributed by atoms with Crippen LogP contribution in [0.4, 0.5) is 10.5 Å². The molecule has 8 heteroatoms. The summed E-state index contributed by atoms with van der Waals surface area (Å²) in [6, 6.07) is 5.88. The van der Waals surface area contributed by atoms with Crippen LogP contribution in [0.1, 0.15) is 13.8 Å². The first-order valence-electron chi connectivity index (χ1n) is 7.72. The number of ether oxygens (including phenoxy) is 1. The molecule has 0 bridgehead atoms. The molecule has 1 rings (SSSR count). The second-order valence-electron chi connectivity index (χ2n) is 5.26. The quantitative estimate of drug-likeness (QED) is 0.533. The number of hydrogen-bond donors (Lipinski definition) is 4. The van der Waals surface area contributed by atoms with E-state index in [9.17, 15) is 14.4 Å². The summed E-state index contributed by atoms with van der Waals surface area (Å²) in [6.45, 7) is 4.24. The highest BCUT2D eigenvalue weighted by Gasteiger charge is 2.27. The Bertz CT molecular complexity index is 574. The number of nitrogens with one attached hydrogen (secondary N) is 4. The van der Waals surface area contributed by atoms with Gasteiger partial charge in [0.2, 0.25) is 0 Å². The SMILES string of the molecule is CC[NH+](CC(=O)Nc1ccc(OC)cc1)[C@H](C)C(=O)NC(=O)NC. The molecule has 24 heavy (non-hydrogen) atoms. The second kappa shape index (κ2) is 9.51. The van der Waals surface area contributed by atoms with E-state index in [0.717, 1.165) is 4.90 Å². The molecule has 2 atom stereocenters. The molecule has 0 saturated heterocycles. The molecule has 132 valence electrons. The summed E-state index contributed by atoms with van der Waals surface area (Å²) in [5.74, 6) is 0.0633. The lowest BCUT2D eigenvalue weighted by atomic mass is 10.2. The number of likely N-dealkylation sites (N-methyl/N-ethyl adjacent to an activating group) is 1. The predicted molar refractivity (Wildman–Crippen MR) is 90.1 cm³/mol. The lowest BCUT2D eigenvalue weighted by molar-refractivity contribution is -0.904. The Morgan fingerprint density at radius 3 is 2.33 bits per heavy atom. The van der Waals surface area contributed by atoms with Crippen molar-refractivity contribution < 1.29 is 24.0 Å². The summed E-state index contributed by atoms with van der Waals surface area (Å²) < 4.78 is 5.06. The molecule has 1 unspecified atom stereocenters. The molecule has 0 aromatic heterocycles. The summed E-state index contributed by atoms with van der Waals surface area (Å²) in [6.07, 6.45) is 0. The fourth-order valence-electron chi connectivity index (χ4n) is 2.14. The molecule has 0 radical (unpaired) electrons. The van der Waals surface area contributed by atoms with Crippen LogP contribution in [0, 0.1) is 0 Å². The molecule has 8 nitrogen and oxygen atoms in total. The van der Waals surface area contributed by atoms with Crippen LogP contribution in [0.5, 0.6) is 5.75 Å². The number of methoxy groups -OCH3 is 1. The summed E-state index contributed by atoms with van der Waals surface area (Å²) in [4.78, 5) is 36.1. The third-order valence-corrected chi connectivity index (χ3v) is 3.68. The Labute approximate surface area is 141 Å². The van der Waals surface area contributed by atoms with Crippen LogP contribution in [0.25, 0.3) is 0 Å². The fraction of sp³-hybridized carbons (Fsp3) is 0.438. The van der Waals surface area contributed by atoms with E-state index in [4.69, 9.17) is 4.74 Å². The first-order valence-corrected chi connectivity index (χ1v) is 7.72. The molecule has 0 aliphatic heterocycles. The third-order valence-electron chi connectivity index (χ3n) is 3.68. The second-order valence-corrected chi connectivity index (χ2v) is 5.26. The van der Waals surface area contributed by atoms with Gasteiger partial charge in [-0.25, -0.2) is 4.79 Å². The minimum atomic E-state index is -0.565. The van der Waals surface area contributed by atoms with Gasteiger partial charge in [-0.15, -0.1) is 0 Å². The highest BCUT2D eigenvalue weighted by molar-refractivity contribution is 5.96. The van der Waals surface area contributed by atoms with Crippen molar-refractivity contribution in [3.63, 3.8) is 0 Å². The van der Waals surface area contributed by atoms with Gasteiger partial charge in [-0.05, 0) is 38.1 Å². The zero-order chi connectivity index (χ0) is 18.1. The highest BCUT2D eigenvalue weighted by atomic mass is 16.5. The molecule has 1 aromatic carbocycles. The molecule has 0 fully saturated rings. The summed E-state index contributed by atoms with van der Waals surface area (Å²) in [5.41, 5.74) is 0.652. The minimum Gasteiger partial charge on any atom is -0.497 e. The third kappa shape index (κ3) is 5.88. The predicted octanol–water partition coefficient (Wildman–Crippen LogP) is -0.617. The van der Waals surface area contributed by atoms with E-state index in [0.29, 0.717) is 18.0 Å². The molecule has 0 aliphatic carbocycles. The van der Waals surface area contributed by atoms with Gasteiger partial charge >= 0.3 is 6.03 Å². The van der Waals surface area contributed by atoms with Crippen LogP contribution in [0.2, 0.25) is 0 Å². The van der Waals surface area contributed by atoms with Gasteiger partial charge in [-0.3, -0.25) is 14.9 Å². The van der Waals surface area contributed by atoms with E-state index in [2.05, 4.69) is 16.0 Å². The van der Waals surface area contributed by atoms with E-state index in [1.165, 1.54) is 7.05 Å². The van der Waals surface area contributed by atoms with E-state index in [1.54, 1.807) is 38.3 Å². The van der Waals surface area contributed by atoms with Crippen LogP contribution in [-0.2, 0) is 9.59 Å². The Balaban J connectivity index is 2.60. The number of quaternary nitrogens is 1. The molecule has 4 amide bonds. The number of carbonyl (C=O) groups is 3. The first kappa shape index (κ1) is 19.4. The molecule has 0 aliphatic rings. The Hall–Kier alpha value is -2.61. The molecule has 1 aromatic rings. The monoisotopic (exact) mass is 337 g/mol. The maximum atomic E-state index is 12.2. The standard InChI is InChI=1S/C16H24N4O4/c1-5-20(11(2)15(22)19-16(23)17-3)10-14(21)18-12-6-8-13(24-4)9-7-12/h6-9,11H,5,10H2,1-4H3,(H,18,21)(H2,17,19,22,23)/p+1/t11-/m1/s1. The number of rotatable bonds is 7. The van der Waals surface area contributed by atoms with Crippen molar-refractivity contribution in [2.45, 2.75) is 19.9 Å². The number of anilines is 1. The number of hydrogen-bond acceptors (Lipinski definition) is 4. The fourth-order valence-corrected chi connectivity index (χ4v) is 2.14. The van der Waals surface area contributed by atoms with Gasteiger partial charge in [0.15, 0.2) is 12.6 Å². The lowest BCUT2D eigenvalue weighted by Crippen LogP contribution is -3.17. The Morgan fingerprint density at radius 2 is 1.83 bits per heavy atom. The molecule has 0 saturated carbocycles. The number of imide groups is 1. The number of urea groups is 1. The van der Waals surface area contributed by atoms with Gasteiger partial charge in [-0.2, -0.15) is 0 Å². The molecular formula is C16H25N4O4+. The first-order chi connectivity index (χ1) is 11.4. The molecular weight excluding hydrogens is 312 g/mol. The van der Waals surface area contributed by atoms with E-state index in [-0.39, 0.29) is 12.5 Å². The minimum absolute atomic E-state index is 0.116. The van der Waals surface area contributed by atoms with Crippen LogP contribution in [-0.4, -0.2) is 51.1 Å². The molecule has 0 heterocycles. The molecule has 0 spiro atoms. The Morgan fingerprint density at radius 1 is 1.21 bits per heavy atom. The van der Waals surface area contributed by atoms with E-state index >= 15 is 0 Å². The lowest BCUT2D eigenvalue weighted by Gasteiger charge is -2.23. The van der Waals surface area contributed by atoms with Crippen molar-refractivity contribution in [3.05, 3.63) is 24.3 Å². The largest absolute Gasteiger partial charge is 0.497 e.